The Morgan fingerprint density at radius 2 is 2.10 bits per heavy atom. The van der Waals surface area contributed by atoms with Crippen molar-refractivity contribution in [3.8, 4) is 11.5 Å². The van der Waals surface area contributed by atoms with Gasteiger partial charge in [0.2, 0.25) is 5.75 Å². The average Bonchev–Trinajstić information content (AvgIpc) is 2.36. The van der Waals surface area contributed by atoms with Crippen LogP contribution in [0.5, 0.6) is 11.5 Å². The minimum absolute atomic E-state index is 0.0389. The molecule has 0 aliphatic heterocycles. The maximum absolute atomic E-state index is 13.3. The number of para-hydroxylation sites is 1. The van der Waals surface area contributed by atoms with E-state index in [-0.39, 0.29) is 22.9 Å². The van der Waals surface area contributed by atoms with Crippen LogP contribution >= 0.6 is 15.9 Å². The number of halogens is 2. The van der Waals surface area contributed by atoms with Gasteiger partial charge in [-0.2, -0.15) is 0 Å². The number of rotatable bonds is 4. The van der Waals surface area contributed by atoms with Crippen molar-refractivity contribution in [2.24, 2.45) is 5.84 Å². The zero-order valence-corrected chi connectivity index (χ0v) is 11.6. The molecule has 20 heavy (non-hydrogen) atoms. The normalized spacial score (nSPS) is 10.2. The summed E-state index contributed by atoms with van der Waals surface area (Å²) in [6.07, 6.45) is 0. The van der Waals surface area contributed by atoms with Crippen LogP contribution in [0.3, 0.4) is 0 Å². The minimum Gasteiger partial charge on any atom is -0.450 e. The number of nitrogens with two attached hydrogens (primary N) is 1. The Balaban J connectivity index is 2.45. The third kappa shape index (κ3) is 3.03. The topological polar surface area (TPSA) is 90.4 Å². The molecule has 0 bridgehead atoms. The molecule has 104 valence electrons. The van der Waals surface area contributed by atoms with Crippen LogP contribution in [0.15, 0.2) is 40.9 Å². The summed E-state index contributed by atoms with van der Waals surface area (Å²) in [4.78, 5) is 10.4. The van der Waals surface area contributed by atoms with Gasteiger partial charge in [0.25, 0.3) is 0 Å². The van der Waals surface area contributed by atoms with Crippen molar-refractivity contribution in [1.82, 2.24) is 0 Å². The van der Waals surface area contributed by atoms with Crippen LogP contribution in [0, 0.1) is 15.9 Å². The van der Waals surface area contributed by atoms with Crippen LogP contribution < -0.4 is 16.0 Å². The van der Waals surface area contributed by atoms with E-state index in [2.05, 4.69) is 21.4 Å². The zero-order valence-electron chi connectivity index (χ0n) is 9.97. The summed E-state index contributed by atoms with van der Waals surface area (Å²) in [7, 11) is 0. The molecule has 2 aromatic rings. The molecule has 0 fully saturated rings. The monoisotopic (exact) mass is 341 g/mol. The molecule has 6 nitrogen and oxygen atoms in total. The molecule has 0 saturated heterocycles. The molecular formula is C12H9BrFN3O3. The third-order valence-electron chi connectivity index (χ3n) is 2.40. The van der Waals surface area contributed by atoms with Gasteiger partial charge in [-0.3, -0.25) is 16.0 Å². The van der Waals surface area contributed by atoms with Gasteiger partial charge in [0.05, 0.1) is 4.92 Å². The number of anilines is 1. The van der Waals surface area contributed by atoms with Crippen LogP contribution in [0.4, 0.5) is 15.8 Å². The van der Waals surface area contributed by atoms with Gasteiger partial charge in [-0.05, 0) is 24.3 Å². The molecule has 0 unspecified atom stereocenters. The summed E-state index contributed by atoms with van der Waals surface area (Å²) in [6.45, 7) is 0. The highest BCUT2D eigenvalue weighted by Crippen LogP contribution is 2.37. The Kier molecular flexibility index (Phi) is 4.16. The van der Waals surface area contributed by atoms with E-state index < -0.39 is 10.7 Å². The van der Waals surface area contributed by atoms with E-state index in [1.807, 2.05) is 0 Å². The SMILES string of the molecule is NNc1cccc(Oc2cc(F)cc(Br)c2)c1[N+](=O)[O-]. The van der Waals surface area contributed by atoms with E-state index in [4.69, 9.17) is 10.6 Å². The first-order valence-electron chi connectivity index (χ1n) is 5.39. The predicted molar refractivity (Wildman–Crippen MR) is 75.1 cm³/mol. The standard InChI is InChI=1S/C12H9BrFN3O3/c13-7-4-8(14)6-9(5-7)20-11-3-1-2-10(16-15)12(11)17(18)19/h1-6,16H,15H2. The summed E-state index contributed by atoms with van der Waals surface area (Å²) >= 11 is 3.12. The Bertz CT molecular complexity index is 646. The van der Waals surface area contributed by atoms with Gasteiger partial charge >= 0.3 is 5.69 Å². The highest BCUT2D eigenvalue weighted by Gasteiger charge is 2.21. The van der Waals surface area contributed by atoms with Crippen LogP contribution in [-0.2, 0) is 0 Å². The van der Waals surface area contributed by atoms with Gasteiger partial charge in [-0.1, -0.05) is 22.0 Å². The second-order valence-electron chi connectivity index (χ2n) is 3.76. The molecule has 0 amide bonds. The lowest BCUT2D eigenvalue weighted by atomic mass is 10.2. The highest BCUT2D eigenvalue weighted by atomic mass is 79.9. The number of nitro groups is 1. The van der Waals surface area contributed by atoms with E-state index in [0.29, 0.717) is 4.47 Å². The first-order valence-corrected chi connectivity index (χ1v) is 6.18. The molecule has 0 heterocycles. The van der Waals surface area contributed by atoms with Gasteiger partial charge in [-0.25, -0.2) is 4.39 Å². The first kappa shape index (κ1) is 14.2. The van der Waals surface area contributed by atoms with E-state index in [1.165, 1.54) is 30.3 Å². The van der Waals surface area contributed by atoms with Crippen LogP contribution in [0.1, 0.15) is 0 Å². The van der Waals surface area contributed by atoms with Gasteiger partial charge < -0.3 is 10.2 Å². The third-order valence-corrected chi connectivity index (χ3v) is 2.86. The summed E-state index contributed by atoms with van der Waals surface area (Å²) in [5.41, 5.74) is 2.00. The number of nitro benzene ring substituents is 1. The zero-order chi connectivity index (χ0) is 14.7. The fraction of sp³-hybridized carbons (Fsp3) is 0. The smallest absolute Gasteiger partial charge is 0.335 e. The van der Waals surface area contributed by atoms with Crippen molar-refractivity contribution in [3.05, 3.63) is 56.8 Å². The fourth-order valence-corrected chi connectivity index (χ4v) is 2.07. The maximum atomic E-state index is 13.3. The fourth-order valence-electron chi connectivity index (χ4n) is 1.62. The summed E-state index contributed by atoms with van der Waals surface area (Å²) in [5, 5.41) is 11.1. The van der Waals surface area contributed by atoms with Crippen molar-refractivity contribution >= 4 is 27.3 Å². The average molecular weight is 342 g/mol. The predicted octanol–water partition coefficient (Wildman–Crippen LogP) is 3.57. The molecule has 2 rings (SSSR count). The molecule has 3 N–H and O–H groups in total. The summed E-state index contributed by atoms with van der Waals surface area (Å²) < 4.78 is 19.1. The van der Waals surface area contributed by atoms with E-state index >= 15 is 0 Å². The Labute approximate surface area is 121 Å². The van der Waals surface area contributed by atoms with Gasteiger partial charge in [0.15, 0.2) is 0 Å². The van der Waals surface area contributed by atoms with Crippen molar-refractivity contribution in [1.29, 1.82) is 0 Å². The van der Waals surface area contributed by atoms with Crippen molar-refractivity contribution in [2.45, 2.75) is 0 Å². The Hall–Kier alpha value is -2.19. The van der Waals surface area contributed by atoms with Crippen LogP contribution in [-0.4, -0.2) is 4.92 Å². The highest BCUT2D eigenvalue weighted by molar-refractivity contribution is 9.10. The van der Waals surface area contributed by atoms with Crippen molar-refractivity contribution in [3.63, 3.8) is 0 Å². The molecule has 0 radical (unpaired) electrons. The first-order chi connectivity index (χ1) is 9.51. The molecule has 0 aliphatic rings. The van der Waals surface area contributed by atoms with Crippen molar-refractivity contribution < 1.29 is 14.1 Å². The number of hydrogen-bond donors (Lipinski definition) is 2. The van der Waals surface area contributed by atoms with E-state index in [1.54, 1.807) is 0 Å². The second kappa shape index (κ2) is 5.85. The lowest BCUT2D eigenvalue weighted by Gasteiger charge is -2.09. The lowest BCUT2D eigenvalue weighted by molar-refractivity contribution is -0.384. The lowest BCUT2D eigenvalue weighted by Crippen LogP contribution is -2.09. The molecular weight excluding hydrogens is 333 g/mol. The Morgan fingerprint density at radius 3 is 2.70 bits per heavy atom. The molecule has 0 spiro atoms. The van der Waals surface area contributed by atoms with E-state index in [9.17, 15) is 14.5 Å². The number of benzene rings is 2. The number of nitrogen functional groups attached to an aromatic ring is 1. The second-order valence-corrected chi connectivity index (χ2v) is 4.68. The summed E-state index contributed by atoms with van der Waals surface area (Å²) in [6, 6.07) is 8.24. The number of nitrogens with zero attached hydrogens (tertiary/aromatic N) is 1. The largest absolute Gasteiger partial charge is 0.450 e. The number of ether oxygens (including phenoxy) is 1. The van der Waals surface area contributed by atoms with E-state index in [0.717, 1.165) is 6.07 Å². The molecule has 0 aromatic heterocycles. The quantitative estimate of drug-likeness (QED) is 0.504. The van der Waals surface area contributed by atoms with Gasteiger partial charge in [-0.15, -0.1) is 0 Å². The van der Waals surface area contributed by atoms with Crippen LogP contribution in [0.25, 0.3) is 0 Å². The minimum atomic E-state index is -0.626. The van der Waals surface area contributed by atoms with Gasteiger partial charge in [0.1, 0.15) is 17.3 Å². The van der Waals surface area contributed by atoms with Gasteiger partial charge in [0, 0.05) is 10.5 Å². The maximum Gasteiger partial charge on any atom is 0.335 e. The van der Waals surface area contributed by atoms with Crippen molar-refractivity contribution in [2.75, 3.05) is 5.43 Å². The molecule has 8 heteroatoms. The number of hydrogen-bond acceptors (Lipinski definition) is 5. The molecule has 0 atom stereocenters. The number of hydrazine groups is 1. The molecule has 0 saturated carbocycles. The number of nitrogens with one attached hydrogen (secondary N) is 1. The molecule has 0 aliphatic carbocycles. The molecule has 2 aromatic carbocycles. The Morgan fingerprint density at radius 1 is 1.35 bits per heavy atom. The van der Waals surface area contributed by atoms with Crippen LogP contribution in [0.2, 0.25) is 0 Å². The summed E-state index contributed by atoms with van der Waals surface area (Å²) in [5.74, 6) is 4.79.